The van der Waals surface area contributed by atoms with Crippen LogP contribution >= 0.6 is 11.6 Å². The van der Waals surface area contributed by atoms with Gasteiger partial charge in [0.25, 0.3) is 5.91 Å². The van der Waals surface area contributed by atoms with E-state index in [1.807, 2.05) is 49.9 Å². The van der Waals surface area contributed by atoms with Gasteiger partial charge in [0.05, 0.1) is 17.8 Å². The number of anilines is 2. The zero-order valence-corrected chi connectivity index (χ0v) is 18.6. The third kappa shape index (κ3) is 5.05. The molecule has 1 heterocycles. The molecule has 2 aromatic rings. The number of methoxy groups -OCH3 is 1. The molecule has 1 fully saturated rings. The summed E-state index contributed by atoms with van der Waals surface area (Å²) < 4.78 is 5.21. The minimum atomic E-state index is -0.475. The highest BCUT2D eigenvalue weighted by Gasteiger charge is 2.25. The minimum absolute atomic E-state index is 0.000104. The number of hydrogen-bond donors (Lipinski definition) is 1. The fourth-order valence-corrected chi connectivity index (χ4v) is 3.55. The van der Waals surface area contributed by atoms with E-state index < -0.39 is 5.41 Å². The Kier molecular flexibility index (Phi) is 6.56. The van der Waals surface area contributed by atoms with Crippen LogP contribution in [-0.2, 0) is 4.79 Å². The van der Waals surface area contributed by atoms with Crippen molar-refractivity contribution in [2.24, 2.45) is 5.41 Å². The van der Waals surface area contributed by atoms with Crippen molar-refractivity contribution in [2.45, 2.75) is 20.8 Å². The molecule has 0 bridgehead atoms. The van der Waals surface area contributed by atoms with Gasteiger partial charge in [-0.25, -0.2) is 0 Å². The molecule has 3 rings (SSSR count). The van der Waals surface area contributed by atoms with Gasteiger partial charge in [0.2, 0.25) is 5.91 Å². The second-order valence-corrected chi connectivity index (χ2v) is 8.79. The number of nitrogens with one attached hydrogen (secondary N) is 1. The zero-order valence-electron chi connectivity index (χ0n) is 17.9. The van der Waals surface area contributed by atoms with Crippen molar-refractivity contribution in [1.29, 1.82) is 0 Å². The molecule has 2 aromatic carbocycles. The van der Waals surface area contributed by atoms with Gasteiger partial charge in [0.1, 0.15) is 5.75 Å². The van der Waals surface area contributed by atoms with Crippen molar-refractivity contribution >= 4 is 34.8 Å². The van der Waals surface area contributed by atoms with E-state index >= 15 is 0 Å². The summed E-state index contributed by atoms with van der Waals surface area (Å²) >= 11 is 6.50. The van der Waals surface area contributed by atoms with Crippen LogP contribution in [0.3, 0.4) is 0 Å². The van der Waals surface area contributed by atoms with Gasteiger partial charge in [-0.1, -0.05) is 38.4 Å². The van der Waals surface area contributed by atoms with Crippen LogP contribution in [0.2, 0.25) is 5.02 Å². The Bertz CT molecular complexity index is 932. The Labute approximate surface area is 182 Å². The SMILES string of the molecule is COc1cccc(C(=O)N2CCN(c3ccc(NC(=O)C(C)(C)C)cc3Cl)CC2)c1. The normalized spacial score (nSPS) is 14.4. The molecular weight excluding hydrogens is 402 g/mol. The fraction of sp³-hybridized carbons (Fsp3) is 0.391. The average Bonchev–Trinajstić information content (AvgIpc) is 2.73. The molecule has 2 amide bonds. The first-order chi connectivity index (χ1) is 14.2. The Hall–Kier alpha value is -2.73. The molecule has 160 valence electrons. The molecule has 1 aliphatic heterocycles. The molecule has 1 saturated heterocycles. The van der Waals surface area contributed by atoms with E-state index in [4.69, 9.17) is 16.3 Å². The summed E-state index contributed by atoms with van der Waals surface area (Å²) in [7, 11) is 1.59. The Morgan fingerprint density at radius 3 is 2.33 bits per heavy atom. The molecule has 0 unspecified atom stereocenters. The van der Waals surface area contributed by atoms with E-state index in [1.54, 1.807) is 25.3 Å². The van der Waals surface area contributed by atoms with Crippen LogP contribution in [0.15, 0.2) is 42.5 Å². The molecule has 6 nitrogen and oxygen atoms in total. The first-order valence-corrected chi connectivity index (χ1v) is 10.4. The highest BCUT2D eigenvalue weighted by molar-refractivity contribution is 6.33. The van der Waals surface area contributed by atoms with Crippen LogP contribution in [-0.4, -0.2) is 50.0 Å². The Balaban J connectivity index is 1.63. The smallest absolute Gasteiger partial charge is 0.254 e. The molecule has 30 heavy (non-hydrogen) atoms. The number of rotatable bonds is 4. The number of carbonyl (C=O) groups is 2. The number of nitrogens with zero attached hydrogens (tertiary/aromatic N) is 2. The largest absolute Gasteiger partial charge is 0.497 e. The van der Waals surface area contributed by atoms with Crippen LogP contribution in [0.4, 0.5) is 11.4 Å². The van der Waals surface area contributed by atoms with Gasteiger partial charge in [-0.05, 0) is 36.4 Å². The maximum atomic E-state index is 12.8. The maximum absolute atomic E-state index is 12.8. The van der Waals surface area contributed by atoms with Gasteiger partial charge >= 0.3 is 0 Å². The third-order valence-corrected chi connectivity index (χ3v) is 5.41. The van der Waals surface area contributed by atoms with Gasteiger partial charge in [0, 0.05) is 42.8 Å². The number of hydrogen-bond acceptors (Lipinski definition) is 4. The van der Waals surface area contributed by atoms with Crippen molar-refractivity contribution in [2.75, 3.05) is 43.5 Å². The number of ether oxygens (including phenoxy) is 1. The number of amides is 2. The second-order valence-electron chi connectivity index (χ2n) is 8.38. The number of carbonyl (C=O) groups excluding carboxylic acids is 2. The van der Waals surface area contributed by atoms with Crippen molar-refractivity contribution in [3.8, 4) is 5.75 Å². The lowest BCUT2D eigenvalue weighted by atomic mass is 9.95. The van der Waals surface area contributed by atoms with Crippen LogP contribution in [0.25, 0.3) is 0 Å². The van der Waals surface area contributed by atoms with Crippen molar-refractivity contribution in [3.63, 3.8) is 0 Å². The van der Waals surface area contributed by atoms with E-state index in [9.17, 15) is 9.59 Å². The molecule has 0 saturated carbocycles. The highest BCUT2D eigenvalue weighted by Crippen LogP contribution is 2.30. The standard InChI is InChI=1S/C23H28ClN3O3/c1-23(2,3)22(29)25-17-8-9-20(19(24)15-17)26-10-12-27(13-11-26)21(28)16-6-5-7-18(14-16)30-4/h5-9,14-15H,10-13H2,1-4H3,(H,25,29). The molecular formula is C23H28ClN3O3. The predicted molar refractivity (Wildman–Crippen MR) is 121 cm³/mol. The van der Waals surface area contributed by atoms with Crippen LogP contribution in [0.1, 0.15) is 31.1 Å². The molecule has 0 aliphatic carbocycles. The third-order valence-electron chi connectivity index (χ3n) is 5.11. The quantitative estimate of drug-likeness (QED) is 0.787. The highest BCUT2D eigenvalue weighted by atomic mass is 35.5. The predicted octanol–water partition coefficient (Wildman–Crippen LogP) is 4.30. The van der Waals surface area contributed by atoms with Gasteiger partial charge < -0.3 is 19.9 Å². The lowest BCUT2D eigenvalue weighted by molar-refractivity contribution is -0.123. The molecule has 1 N–H and O–H groups in total. The first-order valence-electron chi connectivity index (χ1n) is 9.98. The number of benzene rings is 2. The molecule has 0 spiro atoms. The molecule has 0 radical (unpaired) electrons. The van der Waals surface area contributed by atoms with Crippen LogP contribution in [0, 0.1) is 5.41 Å². The summed E-state index contributed by atoms with van der Waals surface area (Å²) in [6.07, 6.45) is 0. The van der Waals surface area contributed by atoms with Gasteiger partial charge in [-0.15, -0.1) is 0 Å². The van der Waals surface area contributed by atoms with Gasteiger partial charge in [0.15, 0.2) is 0 Å². The molecule has 7 heteroatoms. The van der Waals surface area contributed by atoms with E-state index in [0.717, 1.165) is 5.69 Å². The van der Waals surface area contributed by atoms with Gasteiger partial charge in [-0.3, -0.25) is 9.59 Å². The summed E-state index contributed by atoms with van der Waals surface area (Å²) in [5.74, 6) is 0.612. The Morgan fingerprint density at radius 2 is 1.73 bits per heavy atom. The Morgan fingerprint density at radius 1 is 1.03 bits per heavy atom. The summed E-state index contributed by atoms with van der Waals surface area (Å²) in [6.45, 7) is 8.18. The van der Waals surface area contributed by atoms with E-state index in [-0.39, 0.29) is 11.8 Å². The fourth-order valence-electron chi connectivity index (χ4n) is 3.25. The number of piperazine rings is 1. The summed E-state index contributed by atoms with van der Waals surface area (Å²) in [5, 5.41) is 3.48. The van der Waals surface area contributed by atoms with Gasteiger partial charge in [-0.2, -0.15) is 0 Å². The minimum Gasteiger partial charge on any atom is -0.497 e. The van der Waals surface area contributed by atoms with Crippen molar-refractivity contribution in [1.82, 2.24) is 4.90 Å². The second kappa shape index (κ2) is 8.96. The molecule has 0 aromatic heterocycles. The first kappa shape index (κ1) is 22.0. The summed E-state index contributed by atoms with van der Waals surface area (Å²) in [4.78, 5) is 29.0. The van der Waals surface area contributed by atoms with Crippen molar-refractivity contribution < 1.29 is 14.3 Å². The maximum Gasteiger partial charge on any atom is 0.254 e. The average molecular weight is 430 g/mol. The summed E-state index contributed by atoms with van der Waals surface area (Å²) in [5.41, 5.74) is 1.73. The van der Waals surface area contributed by atoms with E-state index in [0.29, 0.717) is 48.2 Å². The summed E-state index contributed by atoms with van der Waals surface area (Å²) in [6, 6.07) is 12.8. The van der Waals surface area contributed by atoms with E-state index in [2.05, 4.69) is 10.2 Å². The molecule has 0 atom stereocenters. The van der Waals surface area contributed by atoms with Crippen LogP contribution < -0.4 is 15.0 Å². The lowest BCUT2D eigenvalue weighted by Gasteiger charge is -2.36. The zero-order chi connectivity index (χ0) is 21.9. The van der Waals surface area contributed by atoms with Crippen molar-refractivity contribution in [3.05, 3.63) is 53.1 Å². The van der Waals surface area contributed by atoms with Crippen LogP contribution in [0.5, 0.6) is 5.75 Å². The monoisotopic (exact) mass is 429 g/mol. The molecule has 1 aliphatic rings. The van der Waals surface area contributed by atoms with E-state index in [1.165, 1.54) is 0 Å². The number of halogens is 1. The topological polar surface area (TPSA) is 61.9 Å². The lowest BCUT2D eigenvalue weighted by Crippen LogP contribution is -2.48.